The van der Waals surface area contributed by atoms with Gasteiger partial charge in [0.1, 0.15) is 11.8 Å². The third-order valence-corrected chi connectivity index (χ3v) is 6.59. The van der Waals surface area contributed by atoms with Crippen LogP contribution in [0.4, 0.5) is 0 Å². The minimum Gasteiger partial charge on any atom is -0.748 e. The van der Waals surface area contributed by atoms with Crippen LogP contribution in [0.3, 0.4) is 0 Å². The summed E-state index contributed by atoms with van der Waals surface area (Å²) in [5, 5.41) is 10.7. The molecule has 1 unspecified atom stereocenters. The van der Waals surface area contributed by atoms with E-state index in [-0.39, 0.29) is 0 Å². The molecule has 0 aromatic heterocycles. The second-order valence-electron chi connectivity index (χ2n) is 7.50. The van der Waals surface area contributed by atoms with Crippen LogP contribution in [0, 0.1) is 0 Å². The number of aromatic hydroxyl groups is 1. The predicted molar refractivity (Wildman–Crippen MR) is 114 cm³/mol. The average molecular weight is 457 g/mol. The van der Waals surface area contributed by atoms with Gasteiger partial charge in [-0.3, -0.25) is 4.90 Å². The molecule has 1 fully saturated rings. The summed E-state index contributed by atoms with van der Waals surface area (Å²) >= 11 is 8.08. The van der Waals surface area contributed by atoms with Crippen molar-refractivity contribution in [1.82, 2.24) is 4.90 Å². The maximum absolute atomic E-state index is 9.87. The summed E-state index contributed by atoms with van der Waals surface area (Å²) in [4.78, 5) is 6.47. The molecule has 2 aliphatic heterocycles. The van der Waals surface area contributed by atoms with Crippen LogP contribution in [-0.2, 0) is 16.5 Å². The Labute approximate surface area is 181 Å². The minimum absolute atomic E-state index is 0.335. The van der Waals surface area contributed by atoms with Gasteiger partial charge in [-0.1, -0.05) is 29.4 Å². The molecule has 2 aromatic rings. The lowest BCUT2D eigenvalue weighted by Gasteiger charge is -2.35. The van der Waals surface area contributed by atoms with Crippen LogP contribution in [0.1, 0.15) is 17.2 Å². The highest BCUT2D eigenvalue weighted by molar-refractivity contribution is 7.99. The van der Waals surface area contributed by atoms with E-state index in [2.05, 4.69) is 30.1 Å². The quantitative estimate of drug-likeness (QED) is 0.636. The number of hydrogen-bond acceptors (Lipinski definition) is 6. The number of phenols is 1. The van der Waals surface area contributed by atoms with Crippen LogP contribution in [0.2, 0.25) is 5.02 Å². The number of nitrogens with one attached hydrogen (secondary N) is 1. The van der Waals surface area contributed by atoms with E-state index < -0.39 is 10.1 Å². The van der Waals surface area contributed by atoms with Gasteiger partial charge < -0.3 is 14.6 Å². The van der Waals surface area contributed by atoms with Crippen LogP contribution in [0.15, 0.2) is 46.2 Å². The summed E-state index contributed by atoms with van der Waals surface area (Å²) in [6.45, 7) is 4.59. The molecule has 29 heavy (non-hydrogen) atoms. The normalized spacial score (nSPS) is 20.1. The van der Waals surface area contributed by atoms with E-state index in [4.69, 9.17) is 24.6 Å². The smallest absolute Gasteiger partial charge is 0.118 e. The maximum atomic E-state index is 9.87. The second kappa shape index (κ2) is 9.24. The first-order valence-electron chi connectivity index (χ1n) is 9.33. The summed E-state index contributed by atoms with van der Waals surface area (Å²) in [6, 6.07) is 12.4. The van der Waals surface area contributed by atoms with E-state index in [1.165, 1.54) is 16.0 Å². The van der Waals surface area contributed by atoms with E-state index in [1.807, 2.05) is 12.1 Å². The topological polar surface area (TPSA) is 85.1 Å². The number of fused-ring (bicyclic) bond motifs is 2. The van der Waals surface area contributed by atoms with Gasteiger partial charge in [0.25, 0.3) is 0 Å². The first-order chi connectivity index (χ1) is 13.6. The molecule has 158 valence electrons. The zero-order valence-corrected chi connectivity index (χ0v) is 18.8. The Bertz CT molecular complexity index is 968. The van der Waals surface area contributed by atoms with Gasteiger partial charge in [-0.15, -0.1) is 0 Å². The van der Waals surface area contributed by atoms with Crippen LogP contribution in [0.25, 0.3) is 0 Å². The van der Waals surface area contributed by atoms with Crippen molar-refractivity contribution in [3.63, 3.8) is 0 Å². The Kier molecular flexibility index (Phi) is 7.14. The fourth-order valence-electron chi connectivity index (χ4n) is 3.76. The van der Waals surface area contributed by atoms with Crippen molar-refractivity contribution >= 4 is 33.5 Å². The van der Waals surface area contributed by atoms with Crippen LogP contribution in [0.5, 0.6) is 5.75 Å². The molecular formula is C20H25ClN2O4S2. The molecule has 0 bridgehead atoms. The van der Waals surface area contributed by atoms with Gasteiger partial charge in [0.05, 0.1) is 23.2 Å². The number of piperazine rings is 1. The SMILES string of the molecule is CN1CC[NH+](C2Cc3ccc(O)cc3Sc3ccc(Cl)cc32)CC1.CS(=O)(=O)[O-]. The lowest BCUT2D eigenvalue weighted by atomic mass is 9.96. The van der Waals surface area contributed by atoms with E-state index in [0.29, 0.717) is 18.0 Å². The van der Waals surface area contributed by atoms with Gasteiger partial charge in [0.2, 0.25) is 0 Å². The summed E-state index contributed by atoms with van der Waals surface area (Å²) in [7, 11) is -1.72. The van der Waals surface area contributed by atoms with E-state index in [1.54, 1.807) is 22.7 Å². The average Bonchev–Trinajstić information content (AvgIpc) is 2.77. The monoisotopic (exact) mass is 456 g/mol. The highest BCUT2D eigenvalue weighted by Crippen LogP contribution is 2.42. The third-order valence-electron chi connectivity index (χ3n) is 5.16. The van der Waals surface area contributed by atoms with Crippen LogP contribution < -0.4 is 4.90 Å². The largest absolute Gasteiger partial charge is 0.748 e. The molecule has 0 spiro atoms. The third kappa shape index (κ3) is 6.34. The lowest BCUT2D eigenvalue weighted by Crippen LogP contribution is -3.15. The number of halogens is 1. The lowest BCUT2D eigenvalue weighted by molar-refractivity contribution is -0.935. The molecule has 9 heteroatoms. The predicted octanol–water partition coefficient (Wildman–Crippen LogP) is 1.79. The van der Waals surface area contributed by atoms with Crippen molar-refractivity contribution in [1.29, 1.82) is 0 Å². The standard InChI is InChI=1S/C19H21ClN2OS.CH4O3S/c1-21-6-8-22(9-7-21)17-10-13-2-4-15(23)12-19(13)24-18-5-3-14(20)11-16(17)18;1-5(2,3)4/h2-5,11-12,17,23H,6-10H2,1H3;1H3,(H,2,3,4). The van der Waals surface area contributed by atoms with Gasteiger partial charge in [-0.2, -0.15) is 0 Å². The molecule has 0 aliphatic carbocycles. The zero-order valence-electron chi connectivity index (χ0n) is 16.4. The first-order valence-corrected chi connectivity index (χ1v) is 12.3. The molecule has 2 aliphatic rings. The van der Waals surface area contributed by atoms with Crippen molar-refractivity contribution in [3.05, 3.63) is 52.5 Å². The number of nitrogens with zero attached hydrogens (tertiary/aromatic N) is 1. The maximum Gasteiger partial charge on any atom is 0.118 e. The molecule has 4 rings (SSSR count). The Hall–Kier alpha value is -1.29. The molecule has 0 amide bonds. The Balaban J connectivity index is 0.000000431. The minimum atomic E-state index is -3.92. The molecule has 0 radical (unpaired) electrons. The molecule has 1 saturated heterocycles. The molecule has 2 aromatic carbocycles. The summed E-state index contributed by atoms with van der Waals surface area (Å²) in [5.41, 5.74) is 2.67. The van der Waals surface area contributed by atoms with E-state index in [0.717, 1.165) is 42.5 Å². The zero-order chi connectivity index (χ0) is 21.2. The molecular weight excluding hydrogens is 432 g/mol. The molecule has 6 nitrogen and oxygen atoms in total. The number of hydrogen-bond donors (Lipinski definition) is 2. The van der Waals surface area contributed by atoms with E-state index in [9.17, 15) is 5.11 Å². The highest BCUT2D eigenvalue weighted by atomic mass is 35.5. The highest BCUT2D eigenvalue weighted by Gasteiger charge is 2.32. The van der Waals surface area contributed by atoms with Gasteiger partial charge in [-0.05, 0) is 42.9 Å². The van der Waals surface area contributed by atoms with Crippen molar-refractivity contribution in [2.24, 2.45) is 0 Å². The molecule has 2 N–H and O–H groups in total. The molecule has 1 atom stereocenters. The van der Waals surface area contributed by atoms with Crippen molar-refractivity contribution in [2.45, 2.75) is 22.3 Å². The van der Waals surface area contributed by atoms with Gasteiger partial charge in [0.15, 0.2) is 0 Å². The fourth-order valence-corrected chi connectivity index (χ4v) is 5.09. The summed E-state index contributed by atoms with van der Waals surface area (Å²) in [6.07, 6.45) is 1.60. The van der Waals surface area contributed by atoms with E-state index >= 15 is 0 Å². The summed E-state index contributed by atoms with van der Waals surface area (Å²) < 4.78 is 27.2. The fraction of sp³-hybridized carbons (Fsp3) is 0.400. The molecule has 0 saturated carbocycles. The van der Waals surface area contributed by atoms with Crippen LogP contribution >= 0.6 is 23.4 Å². The first kappa shape index (κ1) is 22.4. The van der Waals surface area contributed by atoms with Gasteiger partial charge >= 0.3 is 0 Å². The summed E-state index contributed by atoms with van der Waals surface area (Å²) in [5.74, 6) is 0.335. The number of likely N-dealkylation sites (N-methyl/N-ethyl adjacent to an activating group) is 1. The number of benzene rings is 2. The second-order valence-corrected chi connectivity index (χ2v) is 10.4. The molecule has 2 heterocycles. The van der Waals surface area contributed by atoms with Crippen molar-refractivity contribution < 1.29 is 23.0 Å². The van der Waals surface area contributed by atoms with Gasteiger partial charge in [-0.25, -0.2) is 8.42 Å². The van der Waals surface area contributed by atoms with Crippen LogP contribution in [-0.4, -0.2) is 62.5 Å². The van der Waals surface area contributed by atoms with Crippen molar-refractivity contribution in [2.75, 3.05) is 39.5 Å². The Morgan fingerprint density at radius 3 is 2.48 bits per heavy atom. The number of quaternary nitrogens is 1. The Morgan fingerprint density at radius 1 is 1.17 bits per heavy atom. The number of phenolic OH excluding ortho intramolecular Hbond substituents is 1. The number of rotatable bonds is 1. The van der Waals surface area contributed by atoms with Crippen molar-refractivity contribution in [3.8, 4) is 5.75 Å². The Morgan fingerprint density at radius 2 is 1.83 bits per heavy atom. The van der Waals surface area contributed by atoms with Gasteiger partial charge in [0, 0.05) is 46.1 Å².